The second-order valence-electron chi connectivity index (χ2n) is 5.95. The van der Waals surface area contributed by atoms with Crippen LogP contribution in [0.25, 0.3) is 0 Å². The number of nitrogens with one attached hydrogen (secondary N) is 1. The largest absolute Gasteiger partial charge is 0.370 e. The molecule has 0 unspecified atom stereocenters. The van der Waals surface area contributed by atoms with E-state index in [1.807, 2.05) is 0 Å². The lowest BCUT2D eigenvalue weighted by molar-refractivity contribution is 0.178. The Labute approximate surface area is 106 Å². The Morgan fingerprint density at radius 1 is 1.47 bits per heavy atom. The van der Waals surface area contributed by atoms with E-state index in [1.54, 1.807) is 0 Å². The predicted molar refractivity (Wildman–Crippen MR) is 74.2 cm³/mol. The minimum Gasteiger partial charge on any atom is -0.370 e. The highest BCUT2D eigenvalue weighted by Crippen LogP contribution is 2.27. The van der Waals surface area contributed by atoms with Gasteiger partial charge in [0, 0.05) is 25.2 Å². The molecule has 1 rings (SSSR count). The van der Waals surface area contributed by atoms with Gasteiger partial charge in [-0.1, -0.05) is 13.8 Å². The van der Waals surface area contributed by atoms with Crippen LogP contribution in [0.4, 0.5) is 0 Å². The van der Waals surface area contributed by atoms with Crippen LogP contribution in [0.2, 0.25) is 0 Å². The lowest BCUT2D eigenvalue weighted by Gasteiger charge is -2.31. The summed E-state index contributed by atoms with van der Waals surface area (Å²) in [5.41, 5.74) is 6.15. The summed E-state index contributed by atoms with van der Waals surface area (Å²) in [5, 5.41) is 3.19. The zero-order valence-electron chi connectivity index (χ0n) is 11.8. The van der Waals surface area contributed by atoms with Gasteiger partial charge in [-0.3, -0.25) is 9.89 Å². The van der Waals surface area contributed by atoms with E-state index in [9.17, 15) is 0 Å². The minimum atomic E-state index is 0.353. The highest BCUT2D eigenvalue weighted by Gasteiger charge is 2.30. The number of nitrogens with zero attached hydrogens (tertiary/aromatic N) is 2. The Balaban J connectivity index is 2.21. The third-order valence-electron chi connectivity index (χ3n) is 3.39. The number of aliphatic imine (C=N–C) groups is 1. The first-order valence-electron chi connectivity index (χ1n) is 6.70. The van der Waals surface area contributed by atoms with Gasteiger partial charge in [0.25, 0.3) is 0 Å². The van der Waals surface area contributed by atoms with Gasteiger partial charge < -0.3 is 11.1 Å². The van der Waals surface area contributed by atoms with Crippen LogP contribution in [-0.2, 0) is 0 Å². The van der Waals surface area contributed by atoms with Crippen LogP contribution in [0.3, 0.4) is 0 Å². The smallest absolute Gasteiger partial charge is 0.188 e. The molecule has 0 spiro atoms. The van der Waals surface area contributed by atoms with E-state index in [-0.39, 0.29) is 0 Å². The van der Waals surface area contributed by atoms with Crippen molar-refractivity contribution < 1.29 is 0 Å². The van der Waals surface area contributed by atoms with E-state index in [1.165, 1.54) is 19.4 Å². The summed E-state index contributed by atoms with van der Waals surface area (Å²) in [6, 6.07) is 0. The van der Waals surface area contributed by atoms with Gasteiger partial charge in [-0.15, -0.1) is 0 Å². The van der Waals surface area contributed by atoms with Gasteiger partial charge in [-0.05, 0) is 39.2 Å². The van der Waals surface area contributed by atoms with Crippen molar-refractivity contribution >= 4 is 5.96 Å². The average molecular weight is 240 g/mol. The molecule has 17 heavy (non-hydrogen) atoms. The van der Waals surface area contributed by atoms with Gasteiger partial charge in [0.15, 0.2) is 5.96 Å². The molecule has 100 valence electrons. The Hall–Kier alpha value is -0.770. The molecule has 0 radical (unpaired) electrons. The molecular formula is C13H28N4. The predicted octanol–water partition coefficient (Wildman–Crippen LogP) is 1.42. The number of hydrogen-bond acceptors (Lipinski definition) is 2. The van der Waals surface area contributed by atoms with Crippen molar-refractivity contribution in [1.29, 1.82) is 0 Å². The standard InChI is InChI=1S/C13H28N4/c1-11(2)10-16-12(14)15-7-9-17-8-5-6-13(17,3)4/h11H,5-10H2,1-4H3,(H3,14,15,16). The van der Waals surface area contributed by atoms with E-state index >= 15 is 0 Å². The summed E-state index contributed by atoms with van der Waals surface area (Å²) >= 11 is 0. The monoisotopic (exact) mass is 240 g/mol. The molecule has 0 atom stereocenters. The van der Waals surface area contributed by atoms with Crippen molar-refractivity contribution in [1.82, 2.24) is 10.2 Å². The van der Waals surface area contributed by atoms with Crippen molar-refractivity contribution in [2.24, 2.45) is 16.6 Å². The van der Waals surface area contributed by atoms with Gasteiger partial charge in [0.2, 0.25) is 0 Å². The quantitative estimate of drug-likeness (QED) is 0.564. The molecule has 0 amide bonds. The SMILES string of the molecule is CC(C)CN=C(N)NCCN1CCCC1(C)C. The first kappa shape index (κ1) is 14.3. The van der Waals surface area contributed by atoms with Gasteiger partial charge in [-0.25, -0.2) is 0 Å². The maximum Gasteiger partial charge on any atom is 0.188 e. The third-order valence-corrected chi connectivity index (χ3v) is 3.39. The fraction of sp³-hybridized carbons (Fsp3) is 0.923. The zero-order chi connectivity index (χ0) is 12.9. The van der Waals surface area contributed by atoms with E-state index in [2.05, 4.69) is 42.9 Å². The lowest BCUT2D eigenvalue weighted by Crippen LogP contribution is -2.44. The summed E-state index contributed by atoms with van der Waals surface area (Å²) in [4.78, 5) is 6.81. The first-order valence-corrected chi connectivity index (χ1v) is 6.70. The number of nitrogens with two attached hydrogens (primary N) is 1. The molecule has 1 heterocycles. The number of guanidine groups is 1. The van der Waals surface area contributed by atoms with Crippen molar-refractivity contribution in [3.63, 3.8) is 0 Å². The Bertz CT molecular complexity index is 258. The highest BCUT2D eigenvalue weighted by atomic mass is 15.2. The lowest BCUT2D eigenvalue weighted by atomic mass is 10.0. The molecule has 1 aliphatic heterocycles. The molecule has 0 aliphatic carbocycles. The van der Waals surface area contributed by atoms with Crippen LogP contribution >= 0.6 is 0 Å². The molecule has 0 aromatic heterocycles. The topological polar surface area (TPSA) is 53.6 Å². The zero-order valence-corrected chi connectivity index (χ0v) is 11.8. The fourth-order valence-electron chi connectivity index (χ4n) is 2.23. The first-order chi connectivity index (χ1) is 7.92. The molecular weight excluding hydrogens is 212 g/mol. The number of hydrogen-bond donors (Lipinski definition) is 2. The Morgan fingerprint density at radius 2 is 2.18 bits per heavy atom. The van der Waals surface area contributed by atoms with Gasteiger partial charge >= 0.3 is 0 Å². The van der Waals surface area contributed by atoms with Gasteiger partial charge in [0.05, 0.1) is 0 Å². The van der Waals surface area contributed by atoms with Crippen LogP contribution < -0.4 is 11.1 Å². The van der Waals surface area contributed by atoms with Crippen LogP contribution in [0.5, 0.6) is 0 Å². The summed E-state index contributed by atoms with van der Waals surface area (Å²) < 4.78 is 0. The molecule has 0 saturated carbocycles. The maximum absolute atomic E-state index is 5.79. The van der Waals surface area contributed by atoms with Gasteiger partial charge in [-0.2, -0.15) is 0 Å². The second kappa shape index (κ2) is 6.24. The molecule has 1 aliphatic rings. The molecule has 1 saturated heterocycles. The molecule has 0 bridgehead atoms. The van der Waals surface area contributed by atoms with Crippen molar-refractivity contribution in [2.45, 2.75) is 46.1 Å². The molecule has 4 heteroatoms. The summed E-state index contributed by atoms with van der Waals surface area (Å²) in [6.45, 7) is 12.9. The van der Waals surface area contributed by atoms with E-state index in [0.29, 0.717) is 17.4 Å². The molecule has 4 nitrogen and oxygen atoms in total. The van der Waals surface area contributed by atoms with Crippen LogP contribution in [-0.4, -0.2) is 42.6 Å². The van der Waals surface area contributed by atoms with E-state index in [0.717, 1.165) is 19.6 Å². The fourth-order valence-corrected chi connectivity index (χ4v) is 2.23. The number of rotatable bonds is 5. The van der Waals surface area contributed by atoms with Gasteiger partial charge in [0.1, 0.15) is 0 Å². The maximum atomic E-state index is 5.79. The normalized spacial score (nSPS) is 21.1. The van der Waals surface area contributed by atoms with E-state index < -0.39 is 0 Å². The summed E-state index contributed by atoms with van der Waals surface area (Å²) in [6.07, 6.45) is 2.61. The molecule has 0 aromatic rings. The molecule has 0 aromatic carbocycles. The Kier molecular flexibility index (Phi) is 5.25. The van der Waals surface area contributed by atoms with E-state index in [4.69, 9.17) is 5.73 Å². The Morgan fingerprint density at radius 3 is 2.71 bits per heavy atom. The number of likely N-dealkylation sites (tertiary alicyclic amines) is 1. The van der Waals surface area contributed by atoms with Crippen molar-refractivity contribution in [2.75, 3.05) is 26.2 Å². The highest BCUT2D eigenvalue weighted by molar-refractivity contribution is 5.77. The van der Waals surface area contributed by atoms with Crippen LogP contribution in [0.1, 0.15) is 40.5 Å². The molecule has 3 N–H and O–H groups in total. The molecule has 1 fully saturated rings. The third kappa shape index (κ3) is 4.94. The minimum absolute atomic E-state index is 0.353. The second-order valence-corrected chi connectivity index (χ2v) is 5.95. The summed E-state index contributed by atoms with van der Waals surface area (Å²) in [7, 11) is 0. The van der Waals surface area contributed by atoms with Crippen molar-refractivity contribution in [3.8, 4) is 0 Å². The summed E-state index contributed by atoms with van der Waals surface area (Å²) in [5.74, 6) is 1.14. The average Bonchev–Trinajstić information content (AvgIpc) is 2.55. The van der Waals surface area contributed by atoms with Crippen molar-refractivity contribution in [3.05, 3.63) is 0 Å². The van der Waals surface area contributed by atoms with Crippen LogP contribution in [0, 0.1) is 5.92 Å². The van der Waals surface area contributed by atoms with Crippen LogP contribution in [0.15, 0.2) is 4.99 Å².